The molecule has 2 atom stereocenters. The predicted molar refractivity (Wildman–Crippen MR) is 58.6 cm³/mol. The number of aliphatic hydroxyl groups is 2. The van der Waals surface area contributed by atoms with Crippen LogP contribution in [-0.4, -0.2) is 41.8 Å². The molecule has 0 amide bonds. The van der Waals surface area contributed by atoms with Gasteiger partial charge in [-0.1, -0.05) is 0 Å². The zero-order valence-corrected chi connectivity index (χ0v) is 8.98. The Labute approximate surface area is 91.8 Å². The number of thiophene rings is 1. The van der Waals surface area contributed by atoms with Crippen LogP contribution in [0, 0.1) is 0 Å². The lowest BCUT2D eigenvalue weighted by Crippen LogP contribution is -2.31. The Balaban J connectivity index is 2.18. The first-order chi connectivity index (χ1) is 7.24. The topological polar surface area (TPSA) is 60.8 Å². The van der Waals surface area contributed by atoms with Crippen molar-refractivity contribution in [1.82, 2.24) is 0 Å². The molecule has 1 aromatic rings. The van der Waals surface area contributed by atoms with Crippen LogP contribution < -0.4 is 4.90 Å². The number of rotatable bonds is 3. The van der Waals surface area contributed by atoms with Crippen LogP contribution >= 0.6 is 11.3 Å². The minimum Gasteiger partial charge on any atom is -0.394 e. The molecule has 1 aliphatic heterocycles. The van der Waals surface area contributed by atoms with Crippen molar-refractivity contribution >= 4 is 22.6 Å². The SMILES string of the molecule is O=Cc1ccc(N2CC(O)CC2CO)s1. The molecular formula is C10H13NO3S. The van der Waals surface area contributed by atoms with E-state index in [-0.39, 0.29) is 18.8 Å². The van der Waals surface area contributed by atoms with Crippen molar-refractivity contribution in [2.24, 2.45) is 0 Å². The Bertz CT molecular complexity index is 352. The van der Waals surface area contributed by atoms with Gasteiger partial charge in [0.05, 0.1) is 28.6 Å². The Morgan fingerprint density at radius 1 is 1.60 bits per heavy atom. The largest absolute Gasteiger partial charge is 0.394 e. The van der Waals surface area contributed by atoms with Gasteiger partial charge < -0.3 is 15.1 Å². The van der Waals surface area contributed by atoms with Gasteiger partial charge in [0.15, 0.2) is 6.29 Å². The van der Waals surface area contributed by atoms with Gasteiger partial charge in [0, 0.05) is 6.54 Å². The normalized spacial score (nSPS) is 25.9. The number of carbonyl (C=O) groups excluding carboxylic acids is 1. The van der Waals surface area contributed by atoms with Crippen molar-refractivity contribution in [2.45, 2.75) is 18.6 Å². The highest BCUT2D eigenvalue weighted by Gasteiger charge is 2.31. The maximum atomic E-state index is 10.5. The third kappa shape index (κ3) is 2.04. The second-order valence-electron chi connectivity index (χ2n) is 3.67. The molecule has 0 spiro atoms. The average molecular weight is 227 g/mol. The Kier molecular flexibility index (Phi) is 3.04. The van der Waals surface area contributed by atoms with Crippen LogP contribution in [0.25, 0.3) is 0 Å². The molecule has 4 nitrogen and oxygen atoms in total. The van der Waals surface area contributed by atoms with Gasteiger partial charge in [-0.3, -0.25) is 4.79 Å². The molecule has 5 heteroatoms. The van der Waals surface area contributed by atoms with Crippen molar-refractivity contribution < 1.29 is 15.0 Å². The summed E-state index contributed by atoms with van der Waals surface area (Å²) in [6.07, 6.45) is 1.02. The molecule has 0 bridgehead atoms. The van der Waals surface area contributed by atoms with Gasteiger partial charge in [0.2, 0.25) is 0 Å². The number of aldehydes is 1. The summed E-state index contributed by atoms with van der Waals surface area (Å²) >= 11 is 1.39. The summed E-state index contributed by atoms with van der Waals surface area (Å²) in [4.78, 5) is 13.2. The number of anilines is 1. The molecule has 2 rings (SSSR count). The van der Waals surface area contributed by atoms with E-state index in [2.05, 4.69) is 0 Å². The van der Waals surface area contributed by atoms with Crippen LogP contribution in [0.15, 0.2) is 12.1 Å². The standard InChI is InChI=1S/C10H13NO3S/c12-5-7-3-8(14)4-11(7)10-2-1-9(6-13)15-10/h1-2,6-8,12,14H,3-5H2. The summed E-state index contributed by atoms with van der Waals surface area (Å²) in [5.74, 6) is 0. The Morgan fingerprint density at radius 3 is 3.00 bits per heavy atom. The van der Waals surface area contributed by atoms with E-state index in [1.54, 1.807) is 6.07 Å². The average Bonchev–Trinajstić information content (AvgIpc) is 2.82. The summed E-state index contributed by atoms with van der Waals surface area (Å²) in [6.45, 7) is 0.565. The van der Waals surface area contributed by atoms with E-state index in [0.29, 0.717) is 17.8 Å². The summed E-state index contributed by atoms with van der Waals surface area (Å²) in [5.41, 5.74) is 0. The van der Waals surface area contributed by atoms with E-state index in [9.17, 15) is 9.90 Å². The zero-order chi connectivity index (χ0) is 10.8. The highest BCUT2D eigenvalue weighted by atomic mass is 32.1. The molecule has 1 saturated heterocycles. The maximum Gasteiger partial charge on any atom is 0.160 e. The van der Waals surface area contributed by atoms with Gasteiger partial charge in [0.1, 0.15) is 0 Å². The molecule has 2 N–H and O–H groups in total. The van der Waals surface area contributed by atoms with E-state index >= 15 is 0 Å². The van der Waals surface area contributed by atoms with Crippen molar-refractivity contribution in [1.29, 1.82) is 0 Å². The van der Waals surface area contributed by atoms with Crippen LogP contribution in [0.2, 0.25) is 0 Å². The van der Waals surface area contributed by atoms with Crippen LogP contribution in [0.3, 0.4) is 0 Å². The van der Waals surface area contributed by atoms with Gasteiger partial charge in [0.25, 0.3) is 0 Å². The molecule has 2 unspecified atom stereocenters. The molecule has 15 heavy (non-hydrogen) atoms. The van der Waals surface area contributed by atoms with E-state index < -0.39 is 0 Å². The number of hydrogen-bond acceptors (Lipinski definition) is 5. The number of hydrogen-bond donors (Lipinski definition) is 2. The third-order valence-corrected chi connectivity index (χ3v) is 3.66. The van der Waals surface area contributed by atoms with E-state index in [1.807, 2.05) is 11.0 Å². The highest BCUT2D eigenvalue weighted by molar-refractivity contribution is 7.17. The van der Waals surface area contributed by atoms with Crippen molar-refractivity contribution in [3.8, 4) is 0 Å². The van der Waals surface area contributed by atoms with Crippen LogP contribution in [-0.2, 0) is 0 Å². The number of aliphatic hydroxyl groups excluding tert-OH is 2. The lowest BCUT2D eigenvalue weighted by molar-refractivity contribution is 0.112. The zero-order valence-electron chi connectivity index (χ0n) is 8.17. The molecule has 1 aromatic heterocycles. The van der Waals surface area contributed by atoms with Gasteiger partial charge in [-0.2, -0.15) is 0 Å². The van der Waals surface area contributed by atoms with Gasteiger partial charge in [-0.25, -0.2) is 0 Å². The molecule has 2 heterocycles. The number of nitrogens with zero attached hydrogens (tertiary/aromatic N) is 1. The van der Waals surface area contributed by atoms with Crippen molar-refractivity contribution in [2.75, 3.05) is 18.1 Å². The molecule has 82 valence electrons. The maximum absolute atomic E-state index is 10.5. The monoisotopic (exact) mass is 227 g/mol. The fourth-order valence-corrected chi connectivity index (χ4v) is 2.80. The predicted octanol–water partition coefficient (Wildman–Crippen LogP) is 0.492. The first kappa shape index (κ1) is 10.6. The van der Waals surface area contributed by atoms with Gasteiger partial charge in [-0.05, 0) is 18.6 Å². The third-order valence-electron chi connectivity index (χ3n) is 2.61. The summed E-state index contributed by atoms with van der Waals surface area (Å²) in [6, 6.07) is 3.58. The van der Waals surface area contributed by atoms with Gasteiger partial charge >= 0.3 is 0 Å². The second-order valence-corrected chi connectivity index (χ2v) is 4.77. The minimum absolute atomic E-state index is 0.0295. The molecule has 1 fully saturated rings. The lowest BCUT2D eigenvalue weighted by Gasteiger charge is -2.22. The number of β-amino-alcohol motifs (C(OH)–C–C–N with tert-alkyl or cyclic N) is 1. The van der Waals surface area contributed by atoms with E-state index in [4.69, 9.17) is 5.11 Å². The van der Waals surface area contributed by atoms with E-state index in [1.165, 1.54) is 11.3 Å². The minimum atomic E-state index is -0.385. The quantitative estimate of drug-likeness (QED) is 0.738. The van der Waals surface area contributed by atoms with Crippen molar-refractivity contribution in [3.63, 3.8) is 0 Å². The summed E-state index contributed by atoms with van der Waals surface area (Å²) in [7, 11) is 0. The second kappa shape index (κ2) is 4.30. The van der Waals surface area contributed by atoms with Crippen LogP contribution in [0.1, 0.15) is 16.1 Å². The molecule has 0 aliphatic carbocycles. The van der Waals surface area contributed by atoms with Crippen molar-refractivity contribution in [3.05, 3.63) is 17.0 Å². The molecular weight excluding hydrogens is 214 g/mol. The fraction of sp³-hybridized carbons (Fsp3) is 0.500. The number of carbonyl (C=O) groups is 1. The van der Waals surface area contributed by atoms with E-state index in [0.717, 1.165) is 11.3 Å². The first-order valence-corrected chi connectivity index (χ1v) is 5.67. The molecule has 0 radical (unpaired) electrons. The smallest absolute Gasteiger partial charge is 0.160 e. The van der Waals surface area contributed by atoms with Crippen LogP contribution in [0.4, 0.5) is 5.00 Å². The molecule has 0 saturated carbocycles. The van der Waals surface area contributed by atoms with Gasteiger partial charge in [-0.15, -0.1) is 11.3 Å². The fourth-order valence-electron chi connectivity index (χ4n) is 1.89. The summed E-state index contributed by atoms with van der Waals surface area (Å²) in [5, 5.41) is 19.6. The highest BCUT2D eigenvalue weighted by Crippen LogP contribution is 2.31. The lowest BCUT2D eigenvalue weighted by atomic mass is 10.2. The first-order valence-electron chi connectivity index (χ1n) is 4.85. The summed E-state index contributed by atoms with van der Waals surface area (Å²) < 4.78 is 0. The Morgan fingerprint density at radius 2 is 2.40 bits per heavy atom. The molecule has 0 aromatic carbocycles. The molecule has 1 aliphatic rings. The Hall–Kier alpha value is -0.910. The van der Waals surface area contributed by atoms with Crippen LogP contribution in [0.5, 0.6) is 0 Å².